The molecule has 118 valence electrons. The van der Waals surface area contributed by atoms with Gasteiger partial charge in [-0.05, 0) is 46.6 Å². The number of nitrogens with one attached hydrogen (secondary N) is 2. The Morgan fingerprint density at radius 2 is 1.82 bits per heavy atom. The average molecular weight is 333 g/mol. The number of thiocarbonyl (C=S) groups is 1. The van der Waals surface area contributed by atoms with Crippen LogP contribution in [0.15, 0.2) is 41.8 Å². The van der Waals surface area contributed by atoms with Gasteiger partial charge in [-0.1, -0.05) is 51.1 Å². The van der Waals surface area contributed by atoms with Crippen LogP contribution in [0.2, 0.25) is 0 Å². The van der Waals surface area contributed by atoms with E-state index in [9.17, 15) is 0 Å². The van der Waals surface area contributed by atoms with E-state index in [1.54, 1.807) is 11.3 Å². The summed E-state index contributed by atoms with van der Waals surface area (Å²) in [4.78, 5) is 1.38. The van der Waals surface area contributed by atoms with Gasteiger partial charge in [0.1, 0.15) is 0 Å². The van der Waals surface area contributed by atoms with Gasteiger partial charge in [-0.3, -0.25) is 0 Å². The molecule has 0 aliphatic heterocycles. The number of benzene rings is 1. The molecule has 1 aromatic heterocycles. The Kier molecular flexibility index (Phi) is 5.98. The lowest BCUT2D eigenvalue weighted by atomic mass is 9.87. The summed E-state index contributed by atoms with van der Waals surface area (Å²) in [5, 5.41) is 9.34. The smallest absolute Gasteiger partial charge is 0.166 e. The minimum atomic E-state index is 0.199. The van der Waals surface area contributed by atoms with Gasteiger partial charge in [-0.25, -0.2) is 0 Å². The van der Waals surface area contributed by atoms with Gasteiger partial charge >= 0.3 is 0 Å². The van der Waals surface area contributed by atoms with Crippen molar-refractivity contribution in [2.24, 2.45) is 0 Å². The molecule has 2 N–H and O–H groups in total. The Bertz CT molecular complexity index is 581. The number of thiophene rings is 1. The van der Waals surface area contributed by atoms with Crippen LogP contribution in [0.25, 0.3) is 0 Å². The van der Waals surface area contributed by atoms with Crippen molar-refractivity contribution >= 4 is 28.7 Å². The van der Waals surface area contributed by atoms with Crippen LogP contribution in [0.3, 0.4) is 0 Å². The molecule has 0 fully saturated rings. The van der Waals surface area contributed by atoms with Crippen LogP contribution in [-0.4, -0.2) is 11.7 Å². The highest BCUT2D eigenvalue weighted by molar-refractivity contribution is 7.80. The Hall–Kier alpha value is -1.39. The second kappa shape index (κ2) is 7.75. The maximum absolute atomic E-state index is 5.31. The van der Waals surface area contributed by atoms with Gasteiger partial charge in [0.2, 0.25) is 0 Å². The van der Waals surface area contributed by atoms with Crippen LogP contribution in [0.4, 0.5) is 0 Å². The zero-order chi connectivity index (χ0) is 16.0. The fourth-order valence-corrected chi connectivity index (χ4v) is 3.00. The van der Waals surface area contributed by atoms with E-state index in [-0.39, 0.29) is 5.41 Å². The lowest BCUT2D eigenvalue weighted by Gasteiger charge is -2.19. The van der Waals surface area contributed by atoms with Gasteiger partial charge in [0.25, 0.3) is 0 Å². The van der Waals surface area contributed by atoms with E-state index in [2.05, 4.69) is 73.2 Å². The van der Waals surface area contributed by atoms with Gasteiger partial charge < -0.3 is 10.6 Å². The SMILES string of the molecule is CC(C)(C)c1ccc(CNC(=S)NCCc2cccs2)cc1. The van der Waals surface area contributed by atoms with Crippen molar-refractivity contribution < 1.29 is 0 Å². The van der Waals surface area contributed by atoms with Crippen molar-refractivity contribution in [1.29, 1.82) is 0 Å². The van der Waals surface area contributed by atoms with E-state index in [1.165, 1.54) is 16.0 Å². The highest BCUT2D eigenvalue weighted by Crippen LogP contribution is 2.22. The molecule has 4 heteroatoms. The van der Waals surface area contributed by atoms with Crippen LogP contribution in [0.1, 0.15) is 36.8 Å². The third kappa shape index (κ3) is 5.43. The Labute approximate surface area is 143 Å². The first kappa shape index (κ1) is 17.0. The predicted octanol–water partition coefficient (Wildman–Crippen LogP) is 4.25. The molecule has 0 bridgehead atoms. The van der Waals surface area contributed by atoms with Crippen molar-refractivity contribution in [3.05, 3.63) is 57.8 Å². The molecule has 0 saturated carbocycles. The summed E-state index contributed by atoms with van der Waals surface area (Å²) in [6, 6.07) is 13.0. The molecule has 0 aliphatic carbocycles. The molecule has 0 spiro atoms. The van der Waals surface area contributed by atoms with Gasteiger partial charge in [-0.15, -0.1) is 11.3 Å². The summed E-state index contributed by atoms with van der Waals surface area (Å²) in [7, 11) is 0. The lowest BCUT2D eigenvalue weighted by molar-refractivity contribution is 0.590. The molecule has 0 aliphatic rings. The van der Waals surface area contributed by atoms with E-state index in [4.69, 9.17) is 12.2 Å². The van der Waals surface area contributed by atoms with Crippen LogP contribution >= 0.6 is 23.6 Å². The fraction of sp³-hybridized carbons (Fsp3) is 0.389. The topological polar surface area (TPSA) is 24.1 Å². The summed E-state index contributed by atoms with van der Waals surface area (Å²) in [6.45, 7) is 8.32. The average Bonchev–Trinajstić information content (AvgIpc) is 2.98. The molecule has 0 saturated heterocycles. The third-order valence-electron chi connectivity index (χ3n) is 3.51. The van der Waals surface area contributed by atoms with Gasteiger partial charge in [0, 0.05) is 18.0 Å². The van der Waals surface area contributed by atoms with Crippen molar-refractivity contribution in [2.45, 2.75) is 39.2 Å². The molecule has 2 aromatic rings. The standard InChI is InChI=1S/C18H24N2S2/c1-18(2,3)15-8-6-14(7-9-15)13-20-17(21)19-11-10-16-5-4-12-22-16/h4-9,12H,10-11,13H2,1-3H3,(H2,19,20,21). The van der Waals surface area contributed by atoms with Crippen molar-refractivity contribution in [3.8, 4) is 0 Å². The number of hydrogen-bond acceptors (Lipinski definition) is 2. The molecule has 2 nitrogen and oxygen atoms in total. The van der Waals surface area contributed by atoms with Crippen LogP contribution in [0, 0.1) is 0 Å². The van der Waals surface area contributed by atoms with E-state index < -0.39 is 0 Å². The zero-order valence-corrected chi connectivity index (χ0v) is 15.1. The summed E-state index contributed by atoms with van der Waals surface area (Å²) in [6.07, 6.45) is 1.01. The van der Waals surface area contributed by atoms with Gasteiger partial charge in [0.05, 0.1) is 0 Å². The Balaban J connectivity index is 1.71. The monoisotopic (exact) mass is 332 g/mol. The first-order valence-electron chi connectivity index (χ1n) is 7.58. The molecule has 0 atom stereocenters. The lowest BCUT2D eigenvalue weighted by Crippen LogP contribution is -2.35. The largest absolute Gasteiger partial charge is 0.362 e. The molecule has 22 heavy (non-hydrogen) atoms. The Morgan fingerprint density at radius 3 is 2.41 bits per heavy atom. The Morgan fingerprint density at radius 1 is 1.09 bits per heavy atom. The van der Waals surface area contributed by atoms with E-state index >= 15 is 0 Å². The fourth-order valence-electron chi connectivity index (χ4n) is 2.12. The minimum absolute atomic E-state index is 0.199. The molecular weight excluding hydrogens is 308 g/mol. The molecule has 0 radical (unpaired) electrons. The highest BCUT2D eigenvalue weighted by Gasteiger charge is 2.12. The second-order valence-corrected chi connectivity index (χ2v) is 7.83. The second-order valence-electron chi connectivity index (χ2n) is 6.39. The van der Waals surface area contributed by atoms with Crippen molar-refractivity contribution in [3.63, 3.8) is 0 Å². The predicted molar refractivity (Wildman–Crippen MR) is 101 cm³/mol. The quantitative estimate of drug-likeness (QED) is 0.800. The third-order valence-corrected chi connectivity index (χ3v) is 4.73. The molecular formula is C18H24N2S2. The normalized spacial score (nSPS) is 11.2. The summed E-state index contributed by atoms with van der Waals surface area (Å²) < 4.78 is 0. The summed E-state index contributed by atoms with van der Waals surface area (Å²) >= 11 is 7.10. The molecule has 0 amide bonds. The first-order valence-corrected chi connectivity index (χ1v) is 8.87. The highest BCUT2D eigenvalue weighted by atomic mass is 32.1. The molecule has 1 aromatic carbocycles. The van der Waals surface area contributed by atoms with E-state index in [0.717, 1.165) is 24.6 Å². The van der Waals surface area contributed by atoms with Crippen molar-refractivity contribution in [2.75, 3.05) is 6.54 Å². The number of rotatable bonds is 5. The van der Waals surface area contributed by atoms with Crippen LogP contribution in [-0.2, 0) is 18.4 Å². The summed E-state index contributed by atoms with van der Waals surface area (Å²) in [5.41, 5.74) is 2.80. The maximum Gasteiger partial charge on any atom is 0.166 e. The van der Waals surface area contributed by atoms with Crippen LogP contribution in [0.5, 0.6) is 0 Å². The number of hydrogen-bond donors (Lipinski definition) is 2. The van der Waals surface area contributed by atoms with E-state index in [0.29, 0.717) is 0 Å². The molecule has 2 rings (SSSR count). The summed E-state index contributed by atoms with van der Waals surface area (Å²) in [5.74, 6) is 0. The molecule has 1 heterocycles. The maximum atomic E-state index is 5.31. The van der Waals surface area contributed by atoms with E-state index in [1.807, 2.05) is 0 Å². The van der Waals surface area contributed by atoms with Crippen molar-refractivity contribution in [1.82, 2.24) is 10.6 Å². The molecule has 0 unspecified atom stereocenters. The van der Waals surface area contributed by atoms with Gasteiger partial charge in [-0.2, -0.15) is 0 Å². The first-order chi connectivity index (χ1) is 10.4. The van der Waals surface area contributed by atoms with Gasteiger partial charge in [0.15, 0.2) is 5.11 Å². The van der Waals surface area contributed by atoms with Crippen LogP contribution < -0.4 is 10.6 Å². The zero-order valence-electron chi connectivity index (χ0n) is 13.5. The minimum Gasteiger partial charge on any atom is -0.362 e.